The number of aromatic nitrogens is 3. The van der Waals surface area contributed by atoms with Gasteiger partial charge in [0.05, 0.1) is 5.58 Å². The number of benzene rings is 5. The molecule has 5 aromatic carbocycles. The van der Waals surface area contributed by atoms with Gasteiger partial charge in [-0.3, -0.25) is 4.98 Å². The molecule has 0 spiro atoms. The van der Waals surface area contributed by atoms with Gasteiger partial charge in [0.2, 0.25) is 0 Å². The third-order valence-corrected chi connectivity index (χ3v) is 9.47. The van der Waals surface area contributed by atoms with E-state index in [1.165, 1.54) is 33.2 Å². The molecule has 5 heteroatoms. The Kier molecular flexibility index (Phi) is 9.91. The van der Waals surface area contributed by atoms with Crippen LogP contribution in [0.1, 0.15) is 22.3 Å². The van der Waals surface area contributed by atoms with Crippen molar-refractivity contribution >= 4 is 32.7 Å². The number of para-hydroxylation sites is 1. The minimum atomic E-state index is 0. The van der Waals surface area contributed by atoms with Crippen LogP contribution in [-0.2, 0) is 20.1 Å². The summed E-state index contributed by atoms with van der Waals surface area (Å²) >= 11 is 0. The Balaban J connectivity index is 0.000000236. The first-order valence-corrected chi connectivity index (χ1v) is 17.1. The van der Waals surface area contributed by atoms with Crippen molar-refractivity contribution in [1.29, 1.82) is 0 Å². The van der Waals surface area contributed by atoms with E-state index in [-0.39, 0.29) is 20.1 Å². The van der Waals surface area contributed by atoms with Crippen LogP contribution in [0, 0.1) is 39.8 Å². The first-order valence-electron chi connectivity index (χ1n) is 17.1. The van der Waals surface area contributed by atoms with Crippen LogP contribution >= 0.6 is 0 Å². The van der Waals surface area contributed by atoms with Gasteiger partial charge in [-0.1, -0.05) is 90.7 Å². The second-order valence-electron chi connectivity index (χ2n) is 13.0. The van der Waals surface area contributed by atoms with Gasteiger partial charge in [0.1, 0.15) is 5.58 Å². The fourth-order valence-corrected chi connectivity index (χ4v) is 6.64. The molecule has 0 unspecified atom stereocenters. The van der Waals surface area contributed by atoms with Crippen LogP contribution in [-0.4, -0.2) is 15.0 Å². The molecule has 0 aliphatic heterocycles. The Labute approximate surface area is 317 Å². The zero-order valence-electron chi connectivity index (χ0n) is 29.4. The van der Waals surface area contributed by atoms with Gasteiger partial charge in [-0.2, -0.15) is 0 Å². The number of fused-ring (bicyclic) bond motifs is 4. The van der Waals surface area contributed by atoms with Gasteiger partial charge in [0.15, 0.2) is 0 Å². The van der Waals surface area contributed by atoms with Crippen LogP contribution in [0.4, 0.5) is 0 Å². The fourth-order valence-electron chi connectivity index (χ4n) is 6.64. The number of hydrogen-bond acceptors (Lipinski definition) is 4. The number of pyridine rings is 3. The van der Waals surface area contributed by atoms with E-state index in [2.05, 4.69) is 122 Å². The van der Waals surface area contributed by atoms with Gasteiger partial charge in [-0.05, 0) is 83.1 Å². The molecule has 0 aliphatic carbocycles. The maximum absolute atomic E-state index is 6.72. The van der Waals surface area contributed by atoms with E-state index in [0.717, 1.165) is 66.5 Å². The van der Waals surface area contributed by atoms with E-state index in [4.69, 9.17) is 9.40 Å². The zero-order chi connectivity index (χ0) is 34.9. The Morgan fingerprint density at radius 2 is 1.42 bits per heavy atom. The van der Waals surface area contributed by atoms with Gasteiger partial charge < -0.3 is 14.4 Å². The van der Waals surface area contributed by atoms with E-state index in [1.54, 1.807) is 0 Å². The summed E-state index contributed by atoms with van der Waals surface area (Å²) in [4.78, 5) is 13.5. The van der Waals surface area contributed by atoms with E-state index in [0.29, 0.717) is 0 Å². The molecule has 0 saturated heterocycles. The number of aryl methyl sites for hydroxylation is 3. The molecule has 0 saturated carbocycles. The molecular weight excluding hydrogens is 815 g/mol. The number of nitrogens with zero attached hydrogens (tertiary/aromatic N) is 3. The van der Waals surface area contributed by atoms with Crippen molar-refractivity contribution in [3.8, 4) is 44.8 Å². The van der Waals surface area contributed by atoms with Crippen molar-refractivity contribution in [3.05, 3.63) is 174 Å². The molecule has 0 N–H and O–H groups in total. The average Bonchev–Trinajstić information content (AvgIpc) is 3.56. The zero-order valence-corrected chi connectivity index (χ0v) is 31.8. The third-order valence-electron chi connectivity index (χ3n) is 9.47. The van der Waals surface area contributed by atoms with Crippen LogP contribution in [0.5, 0.6) is 0 Å². The largest absolute Gasteiger partial charge is 0.500 e. The van der Waals surface area contributed by atoms with Crippen LogP contribution in [0.2, 0.25) is 0 Å². The van der Waals surface area contributed by atoms with Crippen LogP contribution in [0.25, 0.3) is 77.5 Å². The SMILES string of the molecule is Cc1c[c-]c(-c2ccc(C)cn2)cc1.Cc1cc2ccncc2c(-c2cccc3c2oc2c(-c4cc(-c5ccccc5)ccn4)[c-]ccc23)c1C.[Ir]. The van der Waals surface area contributed by atoms with Crippen molar-refractivity contribution in [1.82, 2.24) is 15.0 Å². The van der Waals surface area contributed by atoms with Crippen LogP contribution in [0.15, 0.2) is 144 Å². The summed E-state index contributed by atoms with van der Waals surface area (Å²) in [6.45, 7) is 8.44. The number of furan rings is 1. The van der Waals surface area contributed by atoms with E-state index < -0.39 is 0 Å². The molecule has 0 aliphatic rings. The summed E-state index contributed by atoms with van der Waals surface area (Å²) in [5, 5.41) is 4.45. The van der Waals surface area contributed by atoms with Crippen molar-refractivity contribution in [2.45, 2.75) is 27.7 Å². The molecular formula is C47H35IrN3O-2. The molecule has 9 aromatic rings. The predicted octanol–water partition coefficient (Wildman–Crippen LogP) is 12.1. The standard InChI is InChI=1S/C34H23N2O.C13H12N.Ir/c1-21-18-25-14-16-35-20-30(25)32(22(21)2)29-13-7-11-27-26-10-6-12-28(33(26)37-34(27)29)31-19-24(15-17-36-31)23-8-4-3-5-9-23;1-10-3-6-12(7-4-10)13-8-5-11(2)9-14-13;/h3-11,13-20H,1-2H3;3-6,8-9H,1-2H3;/q2*-1;. The first-order chi connectivity index (χ1) is 24.9. The number of rotatable bonds is 4. The van der Waals surface area contributed by atoms with Gasteiger partial charge in [-0.15, -0.1) is 53.6 Å². The van der Waals surface area contributed by atoms with Gasteiger partial charge in [0, 0.05) is 61.2 Å². The Morgan fingerprint density at radius 3 is 2.21 bits per heavy atom. The quantitative estimate of drug-likeness (QED) is 0.166. The molecule has 0 fully saturated rings. The van der Waals surface area contributed by atoms with Crippen molar-refractivity contribution in [3.63, 3.8) is 0 Å². The van der Waals surface area contributed by atoms with Gasteiger partial charge in [-0.25, -0.2) is 0 Å². The van der Waals surface area contributed by atoms with Crippen molar-refractivity contribution in [2.24, 2.45) is 0 Å². The summed E-state index contributed by atoms with van der Waals surface area (Å²) in [7, 11) is 0. The van der Waals surface area contributed by atoms with Crippen LogP contribution in [0.3, 0.4) is 0 Å². The van der Waals surface area contributed by atoms with E-state index in [9.17, 15) is 0 Å². The summed E-state index contributed by atoms with van der Waals surface area (Å²) < 4.78 is 6.72. The normalized spacial score (nSPS) is 10.9. The molecule has 0 amide bonds. The topological polar surface area (TPSA) is 51.8 Å². The summed E-state index contributed by atoms with van der Waals surface area (Å²) in [6, 6.07) is 46.1. The van der Waals surface area contributed by atoms with Gasteiger partial charge >= 0.3 is 0 Å². The summed E-state index contributed by atoms with van der Waals surface area (Å²) in [5.41, 5.74) is 14.8. The first kappa shape index (κ1) is 34.7. The molecule has 4 heterocycles. The molecule has 0 atom stereocenters. The minimum Gasteiger partial charge on any atom is -0.500 e. The fraction of sp³-hybridized carbons (Fsp3) is 0.0851. The molecule has 1 radical (unpaired) electrons. The summed E-state index contributed by atoms with van der Waals surface area (Å²) in [5.74, 6) is 0. The smallest absolute Gasteiger partial charge is 0.128 e. The predicted molar refractivity (Wildman–Crippen MR) is 209 cm³/mol. The monoisotopic (exact) mass is 850 g/mol. The maximum atomic E-state index is 6.72. The van der Waals surface area contributed by atoms with Gasteiger partial charge in [0.25, 0.3) is 0 Å². The van der Waals surface area contributed by atoms with Crippen molar-refractivity contribution in [2.75, 3.05) is 0 Å². The van der Waals surface area contributed by atoms with Crippen molar-refractivity contribution < 1.29 is 24.5 Å². The third kappa shape index (κ3) is 6.69. The second kappa shape index (κ2) is 14.9. The summed E-state index contributed by atoms with van der Waals surface area (Å²) in [6.07, 6.45) is 7.54. The molecule has 9 rings (SSSR count). The Morgan fingerprint density at radius 1 is 0.596 bits per heavy atom. The Bertz CT molecular complexity index is 2620. The molecule has 52 heavy (non-hydrogen) atoms. The molecule has 0 bridgehead atoms. The number of hydrogen-bond donors (Lipinski definition) is 0. The van der Waals surface area contributed by atoms with E-state index >= 15 is 0 Å². The van der Waals surface area contributed by atoms with Crippen LogP contribution < -0.4 is 0 Å². The second-order valence-corrected chi connectivity index (χ2v) is 13.0. The molecule has 4 aromatic heterocycles. The average molecular weight is 850 g/mol. The maximum Gasteiger partial charge on any atom is 0.128 e. The molecule has 255 valence electrons. The Hall–Kier alpha value is -5.74. The minimum absolute atomic E-state index is 0. The van der Waals surface area contributed by atoms with E-state index in [1.807, 2.05) is 68.1 Å². The molecule has 4 nitrogen and oxygen atoms in total.